The molecule has 0 saturated carbocycles. The third-order valence-electron chi connectivity index (χ3n) is 3.79. The normalized spacial score (nSPS) is 20.5. The molecule has 0 unspecified atom stereocenters. The van der Waals surface area contributed by atoms with Gasteiger partial charge in [-0.1, -0.05) is 0 Å². The zero-order valence-corrected chi connectivity index (χ0v) is 13.1. The summed E-state index contributed by atoms with van der Waals surface area (Å²) in [4.78, 5) is 15.5. The molecular formula is C14H19F3N2O2S. The van der Waals surface area contributed by atoms with E-state index in [9.17, 15) is 23.1 Å². The van der Waals surface area contributed by atoms with Crippen molar-refractivity contribution in [3.63, 3.8) is 0 Å². The summed E-state index contributed by atoms with van der Waals surface area (Å²) in [7, 11) is 0. The van der Waals surface area contributed by atoms with Gasteiger partial charge in [0, 0.05) is 38.1 Å². The summed E-state index contributed by atoms with van der Waals surface area (Å²) in [6.07, 6.45) is -4.07. The fourth-order valence-electron chi connectivity index (χ4n) is 2.43. The Morgan fingerprint density at radius 2 is 2.05 bits per heavy atom. The third-order valence-corrected chi connectivity index (χ3v) is 4.47. The molecule has 1 fully saturated rings. The average Bonchev–Trinajstić information content (AvgIpc) is 2.84. The van der Waals surface area contributed by atoms with Gasteiger partial charge >= 0.3 is 6.18 Å². The van der Waals surface area contributed by atoms with Crippen molar-refractivity contribution in [2.75, 3.05) is 32.7 Å². The van der Waals surface area contributed by atoms with Gasteiger partial charge in [0.1, 0.15) is 0 Å². The van der Waals surface area contributed by atoms with Crippen LogP contribution in [0.25, 0.3) is 0 Å². The number of alkyl halides is 3. The quantitative estimate of drug-likeness (QED) is 0.920. The Hall–Kier alpha value is -1.12. The lowest BCUT2D eigenvalue weighted by Crippen LogP contribution is -2.52. The number of halogens is 3. The molecule has 1 aliphatic heterocycles. The van der Waals surface area contributed by atoms with Crippen LogP contribution in [0.4, 0.5) is 13.2 Å². The number of amides is 1. The van der Waals surface area contributed by atoms with Crippen LogP contribution < -0.4 is 0 Å². The van der Waals surface area contributed by atoms with E-state index >= 15 is 0 Å². The fourth-order valence-corrected chi connectivity index (χ4v) is 3.06. The molecule has 1 saturated heterocycles. The molecule has 8 heteroatoms. The molecule has 1 aliphatic rings. The molecule has 1 atom stereocenters. The summed E-state index contributed by atoms with van der Waals surface area (Å²) in [5.41, 5.74) is -2.12. The lowest BCUT2D eigenvalue weighted by molar-refractivity contribution is -0.257. The van der Waals surface area contributed by atoms with Crippen LogP contribution in [0, 0.1) is 0 Å². The zero-order chi connectivity index (χ0) is 16.4. The first-order valence-corrected chi connectivity index (χ1v) is 7.98. The number of nitrogens with zero attached hydrogens (tertiary/aromatic N) is 2. The number of carbonyl (C=O) groups excluding carboxylic acids is 1. The van der Waals surface area contributed by atoms with Crippen molar-refractivity contribution in [2.24, 2.45) is 0 Å². The number of aliphatic hydroxyl groups is 1. The summed E-state index contributed by atoms with van der Waals surface area (Å²) in [6.45, 7) is 1.94. The second-order valence-electron chi connectivity index (χ2n) is 5.71. The van der Waals surface area contributed by atoms with E-state index in [1.54, 1.807) is 21.2 Å². The van der Waals surface area contributed by atoms with Gasteiger partial charge in [-0.25, -0.2) is 0 Å². The first-order valence-electron chi connectivity index (χ1n) is 7.04. The van der Waals surface area contributed by atoms with Gasteiger partial charge < -0.3 is 10.0 Å². The molecule has 22 heavy (non-hydrogen) atoms. The van der Waals surface area contributed by atoms with E-state index < -0.39 is 18.3 Å². The van der Waals surface area contributed by atoms with E-state index in [1.807, 2.05) is 5.38 Å². The summed E-state index contributed by atoms with van der Waals surface area (Å²) in [5.74, 6) is -0.0920. The van der Waals surface area contributed by atoms with Crippen molar-refractivity contribution in [1.82, 2.24) is 9.80 Å². The zero-order valence-electron chi connectivity index (χ0n) is 12.3. The van der Waals surface area contributed by atoms with Crippen LogP contribution in [0.1, 0.15) is 23.7 Å². The van der Waals surface area contributed by atoms with E-state index in [4.69, 9.17) is 0 Å². The van der Waals surface area contributed by atoms with Crippen molar-refractivity contribution in [3.05, 3.63) is 22.4 Å². The van der Waals surface area contributed by atoms with E-state index in [2.05, 4.69) is 0 Å². The Balaban J connectivity index is 1.94. The maximum Gasteiger partial charge on any atom is 0.418 e. The molecule has 1 amide bonds. The second kappa shape index (κ2) is 6.55. The highest BCUT2D eigenvalue weighted by Crippen LogP contribution is 2.30. The lowest BCUT2D eigenvalue weighted by atomic mass is 10.1. The van der Waals surface area contributed by atoms with Crippen LogP contribution in [0.2, 0.25) is 0 Å². The highest BCUT2D eigenvalue weighted by Gasteiger charge is 2.50. The molecule has 0 spiro atoms. The van der Waals surface area contributed by atoms with Gasteiger partial charge in [-0.05, 0) is 24.8 Å². The van der Waals surface area contributed by atoms with Gasteiger partial charge in [0.2, 0.25) is 0 Å². The molecule has 1 aromatic rings. The smallest absolute Gasteiger partial charge is 0.380 e. The highest BCUT2D eigenvalue weighted by molar-refractivity contribution is 7.08. The monoisotopic (exact) mass is 336 g/mol. The van der Waals surface area contributed by atoms with Crippen molar-refractivity contribution in [2.45, 2.75) is 25.1 Å². The van der Waals surface area contributed by atoms with E-state index in [1.165, 1.54) is 11.3 Å². The maximum atomic E-state index is 12.7. The molecule has 124 valence electrons. The van der Waals surface area contributed by atoms with Crippen LogP contribution in [0.3, 0.4) is 0 Å². The Kier molecular flexibility index (Phi) is 5.14. The number of hydrogen-bond acceptors (Lipinski definition) is 4. The molecule has 0 bridgehead atoms. The van der Waals surface area contributed by atoms with Crippen LogP contribution in [-0.4, -0.2) is 65.3 Å². The SMILES string of the molecule is C[C@@](O)(CN1CCCN(C(=O)c2ccsc2)CC1)C(F)(F)F. The van der Waals surface area contributed by atoms with Gasteiger partial charge in [0.05, 0.1) is 5.56 Å². The van der Waals surface area contributed by atoms with E-state index in [0.29, 0.717) is 38.2 Å². The topological polar surface area (TPSA) is 43.8 Å². The summed E-state index contributed by atoms with van der Waals surface area (Å²) in [6, 6.07) is 1.74. The molecular weight excluding hydrogens is 317 g/mol. The first-order chi connectivity index (χ1) is 10.2. The first kappa shape index (κ1) is 17.2. The van der Waals surface area contributed by atoms with Crippen LogP contribution >= 0.6 is 11.3 Å². The molecule has 0 aromatic carbocycles. The molecule has 0 aliphatic carbocycles. The predicted molar refractivity (Wildman–Crippen MR) is 78.0 cm³/mol. The van der Waals surface area contributed by atoms with Gasteiger partial charge in [-0.3, -0.25) is 9.69 Å². The molecule has 1 aromatic heterocycles. The standard InChI is InChI=1S/C14H19F3N2O2S/c1-13(21,14(15,16)17)10-18-4-2-5-19(7-6-18)12(20)11-3-8-22-9-11/h3,8-9,21H,2,4-7,10H2,1H3/t13-/m1/s1. The molecule has 2 heterocycles. The van der Waals surface area contributed by atoms with Gasteiger partial charge in [0.15, 0.2) is 5.60 Å². The fraction of sp³-hybridized carbons (Fsp3) is 0.643. The number of rotatable bonds is 3. The summed E-state index contributed by atoms with van der Waals surface area (Å²) in [5, 5.41) is 13.2. The Morgan fingerprint density at radius 3 is 2.64 bits per heavy atom. The van der Waals surface area contributed by atoms with E-state index in [-0.39, 0.29) is 5.91 Å². The molecule has 0 radical (unpaired) electrons. The summed E-state index contributed by atoms with van der Waals surface area (Å²) < 4.78 is 38.2. The van der Waals surface area contributed by atoms with Gasteiger partial charge in [-0.2, -0.15) is 24.5 Å². The second-order valence-corrected chi connectivity index (χ2v) is 6.49. The van der Waals surface area contributed by atoms with Gasteiger partial charge in [-0.15, -0.1) is 0 Å². The van der Waals surface area contributed by atoms with Crippen molar-refractivity contribution >= 4 is 17.2 Å². The van der Waals surface area contributed by atoms with E-state index in [0.717, 1.165) is 6.92 Å². The minimum atomic E-state index is -4.66. The maximum absolute atomic E-state index is 12.7. The van der Waals surface area contributed by atoms with Gasteiger partial charge in [0.25, 0.3) is 5.91 Å². The minimum absolute atomic E-state index is 0.0920. The van der Waals surface area contributed by atoms with Crippen molar-refractivity contribution < 1.29 is 23.1 Å². The number of β-amino-alcohol motifs (C(OH)–C–C–N with tert-alkyl or cyclic N) is 1. The summed E-state index contributed by atoms with van der Waals surface area (Å²) >= 11 is 1.43. The Labute approximate surface area is 131 Å². The largest absolute Gasteiger partial charge is 0.418 e. The molecule has 2 rings (SSSR count). The number of thiophene rings is 1. The third kappa shape index (κ3) is 3.99. The van der Waals surface area contributed by atoms with Crippen LogP contribution in [-0.2, 0) is 0 Å². The Bertz CT molecular complexity index is 503. The van der Waals surface area contributed by atoms with Crippen molar-refractivity contribution in [1.29, 1.82) is 0 Å². The minimum Gasteiger partial charge on any atom is -0.380 e. The highest BCUT2D eigenvalue weighted by atomic mass is 32.1. The Morgan fingerprint density at radius 1 is 1.32 bits per heavy atom. The molecule has 1 N–H and O–H groups in total. The predicted octanol–water partition coefficient (Wildman–Crippen LogP) is 2.21. The van der Waals surface area contributed by atoms with Crippen LogP contribution in [0.5, 0.6) is 0 Å². The average molecular weight is 336 g/mol. The van der Waals surface area contributed by atoms with Crippen molar-refractivity contribution in [3.8, 4) is 0 Å². The molecule has 4 nitrogen and oxygen atoms in total. The lowest BCUT2D eigenvalue weighted by Gasteiger charge is -2.32. The number of carbonyl (C=O) groups is 1. The van der Waals surface area contributed by atoms with Crippen LogP contribution in [0.15, 0.2) is 16.8 Å². The number of hydrogen-bond donors (Lipinski definition) is 1.